The van der Waals surface area contributed by atoms with E-state index in [1.54, 1.807) is 6.07 Å². The van der Waals surface area contributed by atoms with Crippen molar-refractivity contribution in [2.75, 3.05) is 20.1 Å². The second kappa shape index (κ2) is 6.10. The van der Waals surface area contributed by atoms with Gasteiger partial charge in [-0.25, -0.2) is 0 Å². The minimum Gasteiger partial charge on any atom is -0.326 e. The van der Waals surface area contributed by atoms with Crippen LogP contribution >= 0.6 is 0 Å². The molecule has 4 nitrogen and oxygen atoms in total. The van der Waals surface area contributed by atoms with Crippen molar-refractivity contribution in [2.45, 2.75) is 50.6 Å². The number of rotatable bonds is 3. The van der Waals surface area contributed by atoms with Crippen molar-refractivity contribution in [3.63, 3.8) is 0 Å². The monoisotopic (exact) mass is 275 g/mol. The van der Waals surface area contributed by atoms with E-state index >= 15 is 0 Å². The lowest BCUT2D eigenvalue weighted by Gasteiger charge is -2.35. The molecule has 1 aromatic rings. The van der Waals surface area contributed by atoms with Crippen molar-refractivity contribution < 1.29 is 0 Å². The molecule has 1 saturated heterocycles. The van der Waals surface area contributed by atoms with Gasteiger partial charge in [-0.2, -0.15) is 0 Å². The van der Waals surface area contributed by atoms with E-state index in [0.29, 0.717) is 12.1 Å². The summed E-state index contributed by atoms with van der Waals surface area (Å²) in [7, 11) is 2.23. The SMILES string of the molecule is CN1CCCCC1CNC1CCCc2[nH]c(=O)ccc21. The molecule has 4 heteroatoms. The van der Waals surface area contributed by atoms with E-state index < -0.39 is 0 Å². The number of aromatic amines is 1. The lowest BCUT2D eigenvalue weighted by atomic mass is 9.91. The highest BCUT2D eigenvalue weighted by Gasteiger charge is 2.23. The second-order valence-electron chi connectivity index (χ2n) is 6.24. The molecule has 2 atom stereocenters. The quantitative estimate of drug-likeness (QED) is 0.885. The molecule has 2 aliphatic rings. The molecule has 1 fully saturated rings. The summed E-state index contributed by atoms with van der Waals surface area (Å²) in [5.74, 6) is 0. The third-order valence-corrected chi connectivity index (χ3v) is 4.85. The molecule has 1 aliphatic carbocycles. The van der Waals surface area contributed by atoms with E-state index in [2.05, 4.69) is 22.2 Å². The van der Waals surface area contributed by atoms with Crippen LogP contribution in [-0.4, -0.2) is 36.1 Å². The number of fused-ring (bicyclic) bond motifs is 1. The Morgan fingerprint density at radius 1 is 1.30 bits per heavy atom. The number of pyridine rings is 1. The summed E-state index contributed by atoms with van der Waals surface area (Å²) >= 11 is 0. The normalized spacial score (nSPS) is 27.2. The Bertz CT molecular complexity index is 511. The van der Waals surface area contributed by atoms with Crippen LogP contribution < -0.4 is 10.9 Å². The molecule has 2 unspecified atom stereocenters. The first-order chi connectivity index (χ1) is 9.74. The summed E-state index contributed by atoms with van der Waals surface area (Å²) in [6, 6.07) is 4.74. The first-order valence-corrected chi connectivity index (χ1v) is 7.90. The Morgan fingerprint density at radius 3 is 3.05 bits per heavy atom. The minimum absolute atomic E-state index is 0.0245. The molecule has 0 saturated carbocycles. The summed E-state index contributed by atoms with van der Waals surface area (Å²) in [4.78, 5) is 16.9. The lowest BCUT2D eigenvalue weighted by Crippen LogP contribution is -2.44. The Balaban J connectivity index is 1.65. The van der Waals surface area contributed by atoms with Gasteiger partial charge < -0.3 is 15.2 Å². The van der Waals surface area contributed by atoms with Crippen LogP contribution in [0.1, 0.15) is 49.4 Å². The molecule has 0 aromatic carbocycles. The fourth-order valence-electron chi connectivity index (χ4n) is 3.59. The van der Waals surface area contributed by atoms with Gasteiger partial charge in [-0.15, -0.1) is 0 Å². The van der Waals surface area contributed by atoms with E-state index in [-0.39, 0.29) is 5.56 Å². The zero-order chi connectivity index (χ0) is 13.9. The zero-order valence-corrected chi connectivity index (χ0v) is 12.3. The fourth-order valence-corrected chi connectivity index (χ4v) is 3.59. The van der Waals surface area contributed by atoms with Crippen LogP contribution in [0, 0.1) is 0 Å². The Labute approximate surface area is 120 Å². The highest BCUT2D eigenvalue weighted by atomic mass is 16.1. The highest BCUT2D eigenvalue weighted by Crippen LogP contribution is 2.27. The van der Waals surface area contributed by atoms with E-state index in [1.807, 2.05) is 6.07 Å². The van der Waals surface area contributed by atoms with Crippen molar-refractivity contribution in [3.05, 3.63) is 33.7 Å². The summed E-state index contributed by atoms with van der Waals surface area (Å²) in [6.45, 7) is 2.28. The molecule has 0 radical (unpaired) electrons. The van der Waals surface area contributed by atoms with E-state index in [0.717, 1.165) is 25.1 Å². The van der Waals surface area contributed by atoms with Crippen molar-refractivity contribution in [3.8, 4) is 0 Å². The smallest absolute Gasteiger partial charge is 0.248 e. The number of hydrogen-bond donors (Lipinski definition) is 2. The predicted molar refractivity (Wildman–Crippen MR) is 81.0 cm³/mol. The third kappa shape index (κ3) is 2.96. The molecule has 0 amide bonds. The van der Waals surface area contributed by atoms with Crippen LogP contribution in [0.15, 0.2) is 16.9 Å². The first-order valence-electron chi connectivity index (χ1n) is 7.90. The largest absolute Gasteiger partial charge is 0.326 e. The van der Waals surface area contributed by atoms with Gasteiger partial charge >= 0.3 is 0 Å². The first kappa shape index (κ1) is 13.8. The molecule has 20 heavy (non-hydrogen) atoms. The molecule has 1 aromatic heterocycles. The number of nitrogens with zero attached hydrogens (tertiary/aromatic N) is 1. The van der Waals surface area contributed by atoms with E-state index in [4.69, 9.17) is 0 Å². The molecule has 2 N–H and O–H groups in total. The Morgan fingerprint density at radius 2 is 2.20 bits per heavy atom. The van der Waals surface area contributed by atoms with Gasteiger partial charge in [-0.3, -0.25) is 4.79 Å². The number of aromatic nitrogens is 1. The maximum atomic E-state index is 11.4. The van der Waals surface area contributed by atoms with Crippen molar-refractivity contribution in [1.29, 1.82) is 0 Å². The number of nitrogens with one attached hydrogen (secondary N) is 2. The Hall–Kier alpha value is -1.13. The lowest BCUT2D eigenvalue weighted by molar-refractivity contribution is 0.176. The molecule has 3 rings (SSSR count). The van der Waals surface area contributed by atoms with Crippen LogP contribution in [0.2, 0.25) is 0 Å². The molecule has 2 heterocycles. The number of H-pyrrole nitrogens is 1. The molecular formula is C16H25N3O. The second-order valence-corrected chi connectivity index (χ2v) is 6.24. The summed E-state index contributed by atoms with van der Waals surface area (Å²) in [6.07, 6.45) is 7.33. The third-order valence-electron chi connectivity index (χ3n) is 4.85. The summed E-state index contributed by atoms with van der Waals surface area (Å²) < 4.78 is 0. The molecule has 110 valence electrons. The number of likely N-dealkylation sites (tertiary alicyclic amines) is 1. The van der Waals surface area contributed by atoms with Crippen LogP contribution in [0.5, 0.6) is 0 Å². The van der Waals surface area contributed by atoms with Gasteiger partial charge in [0.15, 0.2) is 0 Å². The van der Waals surface area contributed by atoms with Gasteiger partial charge in [0, 0.05) is 30.4 Å². The molecule has 0 spiro atoms. The Kier molecular flexibility index (Phi) is 4.22. The van der Waals surface area contributed by atoms with Gasteiger partial charge in [0.2, 0.25) is 5.56 Å². The summed E-state index contributed by atoms with van der Waals surface area (Å²) in [5, 5.41) is 3.73. The average Bonchev–Trinajstić information content (AvgIpc) is 2.46. The number of hydrogen-bond acceptors (Lipinski definition) is 3. The van der Waals surface area contributed by atoms with E-state index in [9.17, 15) is 4.79 Å². The number of aryl methyl sites for hydroxylation is 1. The number of likely N-dealkylation sites (N-methyl/N-ethyl adjacent to an activating group) is 1. The van der Waals surface area contributed by atoms with Crippen LogP contribution in [0.4, 0.5) is 0 Å². The molecular weight excluding hydrogens is 250 g/mol. The van der Waals surface area contributed by atoms with Crippen molar-refractivity contribution in [1.82, 2.24) is 15.2 Å². The van der Waals surface area contributed by atoms with Crippen LogP contribution in [0.3, 0.4) is 0 Å². The van der Waals surface area contributed by atoms with Crippen LogP contribution in [0.25, 0.3) is 0 Å². The van der Waals surface area contributed by atoms with Gasteiger partial charge in [-0.05, 0) is 51.3 Å². The zero-order valence-electron chi connectivity index (χ0n) is 12.3. The van der Waals surface area contributed by atoms with Crippen LogP contribution in [-0.2, 0) is 6.42 Å². The standard InChI is InChI=1S/C16H25N3O/c1-19-10-3-2-5-12(19)11-17-14-6-4-7-15-13(14)8-9-16(20)18-15/h8-9,12,14,17H,2-7,10-11H2,1H3,(H,18,20). The highest BCUT2D eigenvalue weighted by molar-refractivity contribution is 5.26. The average molecular weight is 275 g/mol. The summed E-state index contributed by atoms with van der Waals surface area (Å²) in [5.41, 5.74) is 2.46. The van der Waals surface area contributed by atoms with Gasteiger partial charge in [0.05, 0.1) is 0 Å². The van der Waals surface area contributed by atoms with Gasteiger partial charge in [0.1, 0.15) is 0 Å². The van der Waals surface area contributed by atoms with Crippen molar-refractivity contribution in [2.24, 2.45) is 0 Å². The van der Waals surface area contributed by atoms with E-state index in [1.165, 1.54) is 37.8 Å². The fraction of sp³-hybridized carbons (Fsp3) is 0.688. The topological polar surface area (TPSA) is 48.1 Å². The number of piperidine rings is 1. The minimum atomic E-state index is 0.0245. The van der Waals surface area contributed by atoms with Crippen molar-refractivity contribution >= 4 is 0 Å². The predicted octanol–water partition coefficient (Wildman–Crippen LogP) is 1.83. The van der Waals surface area contributed by atoms with Gasteiger partial charge in [0.25, 0.3) is 0 Å². The maximum absolute atomic E-state index is 11.4. The maximum Gasteiger partial charge on any atom is 0.248 e. The van der Waals surface area contributed by atoms with Gasteiger partial charge in [-0.1, -0.05) is 12.5 Å². The molecule has 1 aliphatic heterocycles. The molecule has 0 bridgehead atoms.